The number of hydrogen-bond donors (Lipinski definition) is 3. The van der Waals surface area contributed by atoms with Crippen molar-refractivity contribution >= 4 is 22.7 Å². The van der Waals surface area contributed by atoms with Crippen molar-refractivity contribution in [1.82, 2.24) is 15.0 Å². The highest BCUT2D eigenvalue weighted by Gasteiger charge is 2.09. The van der Waals surface area contributed by atoms with Gasteiger partial charge in [-0.05, 0) is 30.3 Å². The first-order valence-electron chi connectivity index (χ1n) is 5.31. The number of benzene rings is 1. The Kier molecular flexibility index (Phi) is 2.16. The number of aromatic nitrogens is 3. The van der Waals surface area contributed by atoms with E-state index in [1.54, 1.807) is 18.2 Å². The Balaban J connectivity index is 2.19. The average Bonchev–Trinajstić information content (AvgIpc) is 2.71. The fraction of sp³-hybridized carbons (Fsp3) is 0. The number of nitrogens with zero attached hydrogens (tertiary/aromatic N) is 2. The number of rotatable bonds is 1. The third-order valence-corrected chi connectivity index (χ3v) is 2.64. The number of nitrogen functional groups attached to an aromatic ring is 2. The molecule has 0 fully saturated rings. The lowest BCUT2D eigenvalue weighted by Gasteiger charge is -2.01. The molecule has 0 amide bonds. The number of halogens is 1. The maximum Gasteiger partial charge on any atom is 0.180 e. The van der Waals surface area contributed by atoms with E-state index in [9.17, 15) is 4.39 Å². The van der Waals surface area contributed by atoms with Crippen molar-refractivity contribution in [2.45, 2.75) is 0 Å². The number of aromatic amines is 1. The van der Waals surface area contributed by atoms with Crippen LogP contribution in [0.2, 0.25) is 0 Å². The lowest BCUT2D eigenvalue weighted by molar-refractivity contribution is 0.628. The van der Waals surface area contributed by atoms with E-state index in [0.29, 0.717) is 28.5 Å². The van der Waals surface area contributed by atoms with Gasteiger partial charge in [-0.2, -0.15) is 0 Å². The van der Waals surface area contributed by atoms with Crippen LogP contribution in [0.5, 0.6) is 0 Å². The van der Waals surface area contributed by atoms with Crippen molar-refractivity contribution < 1.29 is 4.39 Å². The molecule has 0 radical (unpaired) electrons. The molecule has 5 N–H and O–H groups in total. The third-order valence-electron chi connectivity index (χ3n) is 2.64. The van der Waals surface area contributed by atoms with Gasteiger partial charge in [-0.1, -0.05) is 0 Å². The number of imidazole rings is 1. The summed E-state index contributed by atoms with van der Waals surface area (Å²) in [7, 11) is 0. The van der Waals surface area contributed by atoms with E-state index in [-0.39, 0.29) is 5.82 Å². The van der Waals surface area contributed by atoms with Gasteiger partial charge in [0.05, 0.1) is 5.52 Å². The molecule has 2 aromatic heterocycles. The molecule has 0 aliphatic carbocycles. The van der Waals surface area contributed by atoms with Crippen molar-refractivity contribution in [3.63, 3.8) is 0 Å². The standard InChI is InChI=1S/C12H10FN5/c13-6-1-2-7(8(14)5-6)11-16-9-3-4-10(15)17-12(9)18-11/h1-5H,14H2,(H3,15,16,17,18). The summed E-state index contributed by atoms with van der Waals surface area (Å²) < 4.78 is 13.0. The Hall–Kier alpha value is -2.63. The van der Waals surface area contributed by atoms with E-state index in [2.05, 4.69) is 15.0 Å². The second-order valence-electron chi connectivity index (χ2n) is 3.92. The second-order valence-corrected chi connectivity index (χ2v) is 3.92. The SMILES string of the molecule is Nc1ccc2[nH]c(-c3ccc(F)cc3N)nc2n1. The van der Waals surface area contributed by atoms with Gasteiger partial charge in [0.25, 0.3) is 0 Å². The van der Waals surface area contributed by atoms with E-state index < -0.39 is 0 Å². The molecule has 0 aliphatic rings. The Morgan fingerprint density at radius 1 is 1.06 bits per heavy atom. The van der Waals surface area contributed by atoms with Crippen LogP contribution >= 0.6 is 0 Å². The maximum atomic E-state index is 13.0. The maximum absolute atomic E-state index is 13.0. The summed E-state index contributed by atoms with van der Waals surface area (Å²) in [5, 5.41) is 0. The second kappa shape index (κ2) is 3.69. The molecule has 2 heterocycles. The Bertz CT molecular complexity index is 734. The van der Waals surface area contributed by atoms with Crippen molar-refractivity contribution in [3.05, 3.63) is 36.1 Å². The van der Waals surface area contributed by atoms with Gasteiger partial charge >= 0.3 is 0 Å². The Labute approximate surface area is 102 Å². The van der Waals surface area contributed by atoms with Crippen LogP contribution in [0.15, 0.2) is 30.3 Å². The molecule has 0 aliphatic heterocycles. The van der Waals surface area contributed by atoms with Gasteiger partial charge in [0, 0.05) is 11.3 Å². The van der Waals surface area contributed by atoms with Gasteiger partial charge in [-0.15, -0.1) is 0 Å². The van der Waals surface area contributed by atoms with Crippen molar-refractivity contribution in [3.8, 4) is 11.4 Å². The summed E-state index contributed by atoms with van der Waals surface area (Å²) in [5.41, 5.74) is 13.6. The number of fused-ring (bicyclic) bond motifs is 1. The smallest absolute Gasteiger partial charge is 0.180 e. The van der Waals surface area contributed by atoms with Crippen molar-refractivity contribution in [2.75, 3.05) is 11.5 Å². The molecule has 3 aromatic rings. The van der Waals surface area contributed by atoms with Crippen molar-refractivity contribution in [1.29, 1.82) is 0 Å². The van der Waals surface area contributed by atoms with Gasteiger partial charge in [0.15, 0.2) is 5.65 Å². The van der Waals surface area contributed by atoms with E-state index in [1.165, 1.54) is 12.1 Å². The highest BCUT2D eigenvalue weighted by Crippen LogP contribution is 2.25. The molecule has 3 rings (SSSR count). The number of hydrogen-bond acceptors (Lipinski definition) is 4. The van der Waals surface area contributed by atoms with Crippen LogP contribution in [0.3, 0.4) is 0 Å². The molecule has 0 unspecified atom stereocenters. The van der Waals surface area contributed by atoms with Crippen LogP contribution in [-0.2, 0) is 0 Å². The molecular formula is C12H10FN5. The third kappa shape index (κ3) is 1.64. The predicted molar refractivity (Wildman–Crippen MR) is 68.1 cm³/mol. The average molecular weight is 243 g/mol. The minimum atomic E-state index is -0.380. The number of pyridine rings is 1. The monoisotopic (exact) mass is 243 g/mol. The molecule has 0 spiro atoms. The van der Waals surface area contributed by atoms with Gasteiger partial charge in [0.1, 0.15) is 17.5 Å². The number of H-pyrrole nitrogens is 1. The van der Waals surface area contributed by atoms with Gasteiger partial charge in [-0.25, -0.2) is 14.4 Å². The minimum absolute atomic E-state index is 0.321. The molecule has 18 heavy (non-hydrogen) atoms. The van der Waals surface area contributed by atoms with Crippen LogP contribution in [-0.4, -0.2) is 15.0 Å². The Morgan fingerprint density at radius 3 is 2.67 bits per heavy atom. The fourth-order valence-electron chi connectivity index (χ4n) is 1.78. The topological polar surface area (TPSA) is 93.6 Å². The molecule has 90 valence electrons. The first-order chi connectivity index (χ1) is 8.63. The molecule has 5 nitrogen and oxygen atoms in total. The summed E-state index contributed by atoms with van der Waals surface area (Å²) in [6, 6.07) is 7.63. The van der Waals surface area contributed by atoms with Gasteiger partial charge < -0.3 is 16.5 Å². The summed E-state index contributed by atoms with van der Waals surface area (Å²) in [6.45, 7) is 0. The lowest BCUT2D eigenvalue weighted by Crippen LogP contribution is -1.92. The minimum Gasteiger partial charge on any atom is -0.398 e. The normalized spacial score (nSPS) is 10.9. The molecule has 6 heteroatoms. The van der Waals surface area contributed by atoms with Gasteiger partial charge in [0.2, 0.25) is 0 Å². The predicted octanol–water partition coefficient (Wildman–Crippen LogP) is 1.93. The summed E-state index contributed by atoms with van der Waals surface area (Å²) in [6.07, 6.45) is 0. The van der Waals surface area contributed by atoms with Crippen LogP contribution in [0.1, 0.15) is 0 Å². The highest BCUT2D eigenvalue weighted by molar-refractivity contribution is 5.80. The molecule has 0 saturated carbocycles. The van der Waals surface area contributed by atoms with E-state index in [0.717, 1.165) is 5.52 Å². The molecule has 0 bridgehead atoms. The molecule has 0 saturated heterocycles. The van der Waals surface area contributed by atoms with E-state index in [4.69, 9.17) is 11.5 Å². The van der Waals surface area contributed by atoms with Gasteiger partial charge in [-0.3, -0.25) is 0 Å². The molecule has 1 aromatic carbocycles. The summed E-state index contributed by atoms with van der Waals surface area (Å²) >= 11 is 0. The van der Waals surface area contributed by atoms with Crippen LogP contribution in [0, 0.1) is 5.82 Å². The van der Waals surface area contributed by atoms with Crippen LogP contribution in [0.4, 0.5) is 15.9 Å². The lowest BCUT2D eigenvalue weighted by atomic mass is 10.1. The summed E-state index contributed by atoms with van der Waals surface area (Å²) in [5.74, 6) is 0.558. The quantitative estimate of drug-likeness (QED) is 0.569. The number of nitrogens with two attached hydrogens (primary N) is 2. The first-order valence-corrected chi connectivity index (χ1v) is 5.31. The zero-order chi connectivity index (χ0) is 12.7. The number of anilines is 2. The highest BCUT2D eigenvalue weighted by atomic mass is 19.1. The Morgan fingerprint density at radius 2 is 1.89 bits per heavy atom. The summed E-state index contributed by atoms with van der Waals surface area (Å²) in [4.78, 5) is 11.4. The van der Waals surface area contributed by atoms with Crippen LogP contribution in [0.25, 0.3) is 22.6 Å². The van der Waals surface area contributed by atoms with E-state index >= 15 is 0 Å². The largest absolute Gasteiger partial charge is 0.398 e. The first kappa shape index (κ1) is 10.5. The molecular weight excluding hydrogens is 233 g/mol. The van der Waals surface area contributed by atoms with Crippen molar-refractivity contribution in [2.24, 2.45) is 0 Å². The zero-order valence-electron chi connectivity index (χ0n) is 9.31. The zero-order valence-corrected chi connectivity index (χ0v) is 9.31. The van der Waals surface area contributed by atoms with Crippen LogP contribution < -0.4 is 11.5 Å². The molecule has 0 atom stereocenters. The van der Waals surface area contributed by atoms with E-state index in [1.807, 2.05) is 0 Å². The number of nitrogens with one attached hydrogen (secondary N) is 1. The fourth-order valence-corrected chi connectivity index (χ4v) is 1.78.